The molecule has 4 rings (SSSR count). The van der Waals surface area contributed by atoms with Crippen LogP contribution in [0.5, 0.6) is 0 Å². The number of likely N-dealkylation sites (N-methyl/N-ethyl adjacent to an activating group) is 1. The van der Waals surface area contributed by atoms with Crippen molar-refractivity contribution >= 4 is 11.8 Å². The van der Waals surface area contributed by atoms with E-state index in [9.17, 15) is 9.59 Å². The second-order valence-electron chi connectivity index (χ2n) is 8.49. The van der Waals surface area contributed by atoms with Crippen molar-refractivity contribution in [3.05, 3.63) is 35.4 Å². The van der Waals surface area contributed by atoms with E-state index in [1.165, 1.54) is 11.1 Å². The first kappa shape index (κ1) is 18.5. The van der Waals surface area contributed by atoms with Gasteiger partial charge in [-0.3, -0.25) is 14.5 Å². The standard InChI is InChI=1S/C22H31N3O2/c1-24(22(27)21(26)23-18-9-4-5-10-18)19-11-6-12-25(15-19)20-13-16-7-2-3-8-17(16)14-20/h2-3,7-8,18-20H,4-6,9-15H2,1H3,(H,23,26). The van der Waals surface area contributed by atoms with E-state index in [0.29, 0.717) is 6.04 Å². The summed E-state index contributed by atoms with van der Waals surface area (Å²) in [6, 6.07) is 9.56. The molecule has 1 N–H and O–H groups in total. The fourth-order valence-corrected chi connectivity index (χ4v) is 5.07. The first-order valence-corrected chi connectivity index (χ1v) is 10.5. The quantitative estimate of drug-likeness (QED) is 0.831. The second-order valence-corrected chi connectivity index (χ2v) is 8.49. The molecule has 1 aromatic rings. The van der Waals surface area contributed by atoms with Gasteiger partial charge in [-0.1, -0.05) is 37.1 Å². The Hall–Kier alpha value is -1.88. The molecular formula is C22H31N3O2. The van der Waals surface area contributed by atoms with E-state index in [1.807, 2.05) is 0 Å². The van der Waals surface area contributed by atoms with Gasteiger partial charge in [-0.05, 0) is 56.2 Å². The van der Waals surface area contributed by atoms with Gasteiger partial charge >= 0.3 is 11.8 Å². The SMILES string of the molecule is CN(C(=O)C(=O)NC1CCCC1)C1CCCN(C2Cc3ccccc3C2)C1. The van der Waals surface area contributed by atoms with E-state index in [0.717, 1.165) is 64.5 Å². The molecule has 3 aliphatic rings. The first-order valence-electron chi connectivity index (χ1n) is 10.5. The van der Waals surface area contributed by atoms with Gasteiger partial charge in [0.05, 0.1) is 0 Å². The number of carbonyl (C=O) groups is 2. The molecule has 2 amide bonds. The van der Waals surface area contributed by atoms with Gasteiger partial charge in [0.25, 0.3) is 0 Å². The lowest BCUT2D eigenvalue weighted by molar-refractivity contribution is -0.147. The zero-order valence-electron chi connectivity index (χ0n) is 16.3. The number of fused-ring (bicyclic) bond motifs is 1. The minimum atomic E-state index is -0.421. The predicted octanol–water partition coefficient (Wildman–Crippen LogP) is 2.14. The third-order valence-corrected chi connectivity index (χ3v) is 6.73. The Balaban J connectivity index is 1.33. The monoisotopic (exact) mass is 369 g/mol. The largest absolute Gasteiger partial charge is 0.345 e. The zero-order valence-corrected chi connectivity index (χ0v) is 16.3. The van der Waals surface area contributed by atoms with Crippen LogP contribution in [0.1, 0.15) is 49.7 Å². The maximum absolute atomic E-state index is 12.6. The Kier molecular flexibility index (Phi) is 5.48. The number of piperidine rings is 1. The molecule has 5 heteroatoms. The highest BCUT2D eigenvalue weighted by atomic mass is 16.2. The number of benzene rings is 1. The van der Waals surface area contributed by atoms with Crippen molar-refractivity contribution in [3.8, 4) is 0 Å². The minimum absolute atomic E-state index is 0.129. The molecule has 0 bridgehead atoms. The summed E-state index contributed by atoms with van der Waals surface area (Å²) in [5.74, 6) is -0.793. The lowest BCUT2D eigenvalue weighted by Crippen LogP contribution is -2.54. The normalized spacial score (nSPS) is 24.0. The molecule has 2 fully saturated rings. The van der Waals surface area contributed by atoms with Crippen molar-refractivity contribution in [2.45, 2.75) is 69.5 Å². The summed E-state index contributed by atoms with van der Waals surface area (Å²) < 4.78 is 0. The van der Waals surface area contributed by atoms with Gasteiger partial charge in [-0.2, -0.15) is 0 Å². The summed E-state index contributed by atoms with van der Waals surface area (Å²) in [5.41, 5.74) is 2.93. The van der Waals surface area contributed by atoms with E-state index >= 15 is 0 Å². The van der Waals surface area contributed by atoms with Crippen LogP contribution in [-0.2, 0) is 22.4 Å². The van der Waals surface area contributed by atoms with Gasteiger partial charge < -0.3 is 10.2 Å². The predicted molar refractivity (Wildman–Crippen MR) is 105 cm³/mol. The number of hydrogen-bond donors (Lipinski definition) is 1. The molecule has 1 saturated carbocycles. The van der Waals surface area contributed by atoms with E-state index in [-0.39, 0.29) is 18.0 Å². The van der Waals surface area contributed by atoms with Gasteiger partial charge in [0.15, 0.2) is 0 Å². The van der Waals surface area contributed by atoms with Crippen LogP contribution in [0.2, 0.25) is 0 Å². The van der Waals surface area contributed by atoms with Crippen molar-refractivity contribution in [3.63, 3.8) is 0 Å². The highest BCUT2D eigenvalue weighted by molar-refractivity contribution is 6.35. The van der Waals surface area contributed by atoms with Crippen molar-refractivity contribution in [1.29, 1.82) is 0 Å². The van der Waals surface area contributed by atoms with Crippen molar-refractivity contribution < 1.29 is 9.59 Å². The summed E-state index contributed by atoms with van der Waals surface area (Å²) in [6.07, 6.45) is 8.57. The van der Waals surface area contributed by atoms with Crippen LogP contribution in [0.4, 0.5) is 0 Å². The molecule has 1 saturated heterocycles. The lowest BCUT2D eigenvalue weighted by Gasteiger charge is -2.40. The Labute approximate surface area is 162 Å². The average Bonchev–Trinajstić information content (AvgIpc) is 3.36. The fourth-order valence-electron chi connectivity index (χ4n) is 5.07. The summed E-state index contributed by atoms with van der Waals surface area (Å²) in [5, 5.41) is 2.93. The molecule has 1 atom stereocenters. The minimum Gasteiger partial charge on any atom is -0.345 e. The maximum Gasteiger partial charge on any atom is 0.311 e. The topological polar surface area (TPSA) is 52.7 Å². The van der Waals surface area contributed by atoms with Gasteiger partial charge in [-0.15, -0.1) is 0 Å². The molecule has 5 nitrogen and oxygen atoms in total. The van der Waals surface area contributed by atoms with Crippen LogP contribution in [0.25, 0.3) is 0 Å². The van der Waals surface area contributed by atoms with Crippen molar-refractivity contribution in [1.82, 2.24) is 15.1 Å². The van der Waals surface area contributed by atoms with Crippen LogP contribution in [0, 0.1) is 0 Å². The Morgan fingerprint density at radius 2 is 1.70 bits per heavy atom. The van der Waals surface area contributed by atoms with Crippen molar-refractivity contribution in [2.75, 3.05) is 20.1 Å². The number of likely N-dealkylation sites (tertiary alicyclic amines) is 1. The van der Waals surface area contributed by atoms with Crippen LogP contribution in [-0.4, -0.2) is 59.9 Å². The highest BCUT2D eigenvalue weighted by Gasteiger charge is 2.34. The fraction of sp³-hybridized carbons (Fsp3) is 0.636. The molecule has 146 valence electrons. The molecular weight excluding hydrogens is 338 g/mol. The summed E-state index contributed by atoms with van der Waals surface area (Å²) >= 11 is 0. The summed E-state index contributed by atoms with van der Waals surface area (Å²) in [4.78, 5) is 29.2. The number of carbonyl (C=O) groups excluding carboxylic acids is 2. The van der Waals surface area contributed by atoms with Crippen LogP contribution in [0.3, 0.4) is 0 Å². The molecule has 1 unspecified atom stereocenters. The van der Waals surface area contributed by atoms with Crippen molar-refractivity contribution in [2.24, 2.45) is 0 Å². The average molecular weight is 370 g/mol. The first-order chi connectivity index (χ1) is 13.1. The van der Waals surface area contributed by atoms with E-state index < -0.39 is 5.91 Å². The number of nitrogens with one attached hydrogen (secondary N) is 1. The lowest BCUT2D eigenvalue weighted by atomic mass is 10.0. The van der Waals surface area contributed by atoms with E-state index in [2.05, 4.69) is 34.5 Å². The Morgan fingerprint density at radius 1 is 1.04 bits per heavy atom. The summed E-state index contributed by atoms with van der Waals surface area (Å²) in [6.45, 7) is 1.96. The molecule has 1 aromatic carbocycles. The van der Waals surface area contributed by atoms with Gasteiger partial charge in [0.1, 0.15) is 0 Å². The maximum atomic E-state index is 12.6. The highest BCUT2D eigenvalue weighted by Crippen LogP contribution is 2.28. The zero-order chi connectivity index (χ0) is 18.8. The third-order valence-electron chi connectivity index (χ3n) is 6.73. The molecule has 0 radical (unpaired) electrons. The second kappa shape index (κ2) is 8.01. The molecule has 0 aromatic heterocycles. The molecule has 1 aliphatic heterocycles. The van der Waals surface area contributed by atoms with Crippen LogP contribution < -0.4 is 5.32 Å². The Bertz CT molecular complexity index is 674. The van der Waals surface area contributed by atoms with Gasteiger partial charge in [0.2, 0.25) is 0 Å². The number of rotatable bonds is 3. The molecule has 27 heavy (non-hydrogen) atoms. The summed E-state index contributed by atoms with van der Waals surface area (Å²) in [7, 11) is 1.80. The van der Waals surface area contributed by atoms with Gasteiger partial charge in [-0.25, -0.2) is 0 Å². The number of nitrogens with zero attached hydrogens (tertiary/aromatic N) is 2. The smallest absolute Gasteiger partial charge is 0.311 e. The van der Waals surface area contributed by atoms with Crippen LogP contribution in [0.15, 0.2) is 24.3 Å². The van der Waals surface area contributed by atoms with E-state index in [4.69, 9.17) is 0 Å². The van der Waals surface area contributed by atoms with Crippen LogP contribution >= 0.6 is 0 Å². The Morgan fingerprint density at radius 3 is 2.37 bits per heavy atom. The third kappa shape index (κ3) is 4.03. The number of hydrogen-bond acceptors (Lipinski definition) is 3. The molecule has 0 spiro atoms. The molecule has 1 heterocycles. The van der Waals surface area contributed by atoms with Gasteiger partial charge in [0, 0.05) is 31.7 Å². The number of amides is 2. The van der Waals surface area contributed by atoms with E-state index in [1.54, 1.807) is 11.9 Å². The molecule has 2 aliphatic carbocycles.